The molecule has 0 aromatic heterocycles. The normalized spacial score (nSPS) is 26.5. The standard InChI is InChI=1S/C13H22N2O5/c16-12(17)2-1-10-3-4-15(8-10)13(18)14-7-11-9-19-5-6-20-11/h10-11H,1-9H2,(H,14,18)(H,16,17). The second kappa shape index (κ2) is 7.44. The van der Waals surface area contributed by atoms with Gasteiger partial charge in [0, 0.05) is 26.1 Å². The van der Waals surface area contributed by atoms with Crippen LogP contribution in [0.25, 0.3) is 0 Å². The van der Waals surface area contributed by atoms with E-state index in [1.54, 1.807) is 4.90 Å². The molecule has 0 spiro atoms. The number of ether oxygens (including phenoxy) is 2. The first kappa shape index (κ1) is 15.1. The van der Waals surface area contributed by atoms with E-state index >= 15 is 0 Å². The van der Waals surface area contributed by atoms with Gasteiger partial charge in [0.2, 0.25) is 0 Å². The molecule has 2 atom stereocenters. The predicted molar refractivity (Wildman–Crippen MR) is 70.5 cm³/mol. The van der Waals surface area contributed by atoms with Crippen molar-refractivity contribution >= 4 is 12.0 Å². The first-order valence-electron chi connectivity index (χ1n) is 7.09. The van der Waals surface area contributed by atoms with Crippen molar-refractivity contribution in [3.8, 4) is 0 Å². The molecular formula is C13H22N2O5. The van der Waals surface area contributed by atoms with Crippen LogP contribution < -0.4 is 5.32 Å². The molecule has 2 N–H and O–H groups in total. The summed E-state index contributed by atoms with van der Waals surface area (Å²) >= 11 is 0. The summed E-state index contributed by atoms with van der Waals surface area (Å²) in [5, 5.41) is 11.5. The Hall–Kier alpha value is -1.34. The minimum Gasteiger partial charge on any atom is -0.481 e. The molecule has 7 heteroatoms. The van der Waals surface area contributed by atoms with Crippen molar-refractivity contribution < 1.29 is 24.2 Å². The Labute approximate surface area is 118 Å². The Kier molecular flexibility index (Phi) is 5.60. The number of nitrogens with one attached hydrogen (secondary N) is 1. The summed E-state index contributed by atoms with van der Waals surface area (Å²) in [6, 6.07) is -0.100. The maximum atomic E-state index is 12.0. The molecule has 20 heavy (non-hydrogen) atoms. The zero-order chi connectivity index (χ0) is 14.4. The third-order valence-corrected chi connectivity index (χ3v) is 3.71. The van der Waals surface area contributed by atoms with Crippen LogP contribution in [0.15, 0.2) is 0 Å². The van der Waals surface area contributed by atoms with E-state index in [9.17, 15) is 9.59 Å². The Morgan fingerprint density at radius 2 is 2.20 bits per heavy atom. The number of nitrogens with zero attached hydrogens (tertiary/aromatic N) is 1. The topological polar surface area (TPSA) is 88.1 Å². The number of carbonyl (C=O) groups excluding carboxylic acids is 1. The summed E-state index contributed by atoms with van der Waals surface area (Å²) in [5.74, 6) is -0.478. The summed E-state index contributed by atoms with van der Waals surface area (Å²) < 4.78 is 10.7. The Morgan fingerprint density at radius 3 is 2.90 bits per heavy atom. The van der Waals surface area contributed by atoms with Gasteiger partial charge < -0.3 is 24.8 Å². The molecule has 2 rings (SSSR count). The molecule has 0 radical (unpaired) electrons. The van der Waals surface area contributed by atoms with Crippen molar-refractivity contribution in [2.75, 3.05) is 39.5 Å². The van der Waals surface area contributed by atoms with Crippen molar-refractivity contribution in [3.05, 3.63) is 0 Å². The minimum absolute atomic E-state index is 0.0712. The molecule has 0 aromatic carbocycles. The zero-order valence-corrected chi connectivity index (χ0v) is 11.5. The molecule has 2 aliphatic heterocycles. The number of carbonyl (C=O) groups is 2. The monoisotopic (exact) mass is 286 g/mol. The Morgan fingerprint density at radius 1 is 1.35 bits per heavy atom. The van der Waals surface area contributed by atoms with Crippen molar-refractivity contribution in [1.29, 1.82) is 0 Å². The van der Waals surface area contributed by atoms with Gasteiger partial charge in [0.25, 0.3) is 0 Å². The summed E-state index contributed by atoms with van der Waals surface area (Å²) in [5.41, 5.74) is 0. The number of carboxylic acids is 1. The maximum absolute atomic E-state index is 12.0. The van der Waals surface area contributed by atoms with E-state index < -0.39 is 5.97 Å². The van der Waals surface area contributed by atoms with E-state index in [2.05, 4.69) is 5.32 Å². The van der Waals surface area contributed by atoms with Gasteiger partial charge in [-0.15, -0.1) is 0 Å². The molecular weight excluding hydrogens is 264 g/mol. The van der Waals surface area contributed by atoms with Crippen LogP contribution in [-0.2, 0) is 14.3 Å². The quantitative estimate of drug-likeness (QED) is 0.759. The third-order valence-electron chi connectivity index (χ3n) is 3.71. The molecule has 2 heterocycles. The number of aliphatic carboxylic acids is 1. The minimum atomic E-state index is -0.776. The van der Waals surface area contributed by atoms with Crippen LogP contribution >= 0.6 is 0 Å². The van der Waals surface area contributed by atoms with Crippen LogP contribution in [0.3, 0.4) is 0 Å². The lowest BCUT2D eigenvalue weighted by atomic mass is 10.0. The molecule has 2 aliphatic rings. The number of rotatable bonds is 5. The van der Waals surface area contributed by atoms with Gasteiger partial charge >= 0.3 is 12.0 Å². The highest BCUT2D eigenvalue weighted by Gasteiger charge is 2.27. The largest absolute Gasteiger partial charge is 0.481 e. The average Bonchev–Trinajstić information content (AvgIpc) is 2.92. The van der Waals surface area contributed by atoms with Gasteiger partial charge in [-0.3, -0.25) is 4.79 Å². The fraction of sp³-hybridized carbons (Fsp3) is 0.846. The predicted octanol–water partition coefficient (Wildman–Crippen LogP) is 0.298. The maximum Gasteiger partial charge on any atom is 0.317 e. The number of hydrogen-bond donors (Lipinski definition) is 2. The fourth-order valence-electron chi connectivity index (χ4n) is 2.55. The van der Waals surface area contributed by atoms with Crippen LogP contribution in [0.4, 0.5) is 4.79 Å². The zero-order valence-electron chi connectivity index (χ0n) is 11.5. The highest BCUT2D eigenvalue weighted by atomic mass is 16.6. The van der Waals surface area contributed by atoms with Gasteiger partial charge in [0.15, 0.2) is 0 Å². The lowest BCUT2D eigenvalue weighted by Crippen LogP contribution is -2.44. The summed E-state index contributed by atoms with van der Waals surface area (Å²) in [4.78, 5) is 24.3. The lowest BCUT2D eigenvalue weighted by molar-refractivity contribution is -0.137. The SMILES string of the molecule is O=C(O)CCC1CCN(C(=O)NCC2COCCO2)C1. The molecule has 2 unspecified atom stereocenters. The van der Waals surface area contributed by atoms with Gasteiger partial charge in [-0.25, -0.2) is 4.79 Å². The Balaban J connectivity index is 1.64. The first-order chi connectivity index (χ1) is 9.65. The van der Waals surface area contributed by atoms with E-state index in [1.807, 2.05) is 0 Å². The van der Waals surface area contributed by atoms with Crippen LogP contribution in [0.5, 0.6) is 0 Å². The van der Waals surface area contributed by atoms with E-state index in [-0.39, 0.29) is 18.6 Å². The lowest BCUT2D eigenvalue weighted by Gasteiger charge is -2.24. The molecule has 2 amide bonds. The molecule has 0 aromatic rings. The van der Waals surface area contributed by atoms with E-state index in [4.69, 9.17) is 14.6 Å². The van der Waals surface area contributed by atoms with Crippen LogP contribution in [-0.4, -0.2) is 67.6 Å². The highest BCUT2D eigenvalue weighted by molar-refractivity contribution is 5.74. The third kappa shape index (κ3) is 4.64. The van der Waals surface area contributed by atoms with Crippen molar-refractivity contribution in [1.82, 2.24) is 10.2 Å². The second-order valence-electron chi connectivity index (χ2n) is 5.29. The second-order valence-corrected chi connectivity index (χ2v) is 5.29. The highest BCUT2D eigenvalue weighted by Crippen LogP contribution is 2.20. The molecule has 114 valence electrons. The molecule has 7 nitrogen and oxygen atoms in total. The average molecular weight is 286 g/mol. The number of amides is 2. The fourth-order valence-corrected chi connectivity index (χ4v) is 2.55. The van der Waals surface area contributed by atoms with E-state index in [0.717, 1.165) is 6.42 Å². The van der Waals surface area contributed by atoms with Crippen LogP contribution in [0, 0.1) is 5.92 Å². The Bertz CT molecular complexity index is 344. The van der Waals surface area contributed by atoms with Gasteiger partial charge in [0.05, 0.1) is 25.9 Å². The van der Waals surface area contributed by atoms with Gasteiger partial charge in [-0.1, -0.05) is 0 Å². The number of carboxylic acid groups (broad SMARTS) is 1. The van der Waals surface area contributed by atoms with Crippen molar-refractivity contribution in [3.63, 3.8) is 0 Å². The molecule has 0 aliphatic carbocycles. The van der Waals surface area contributed by atoms with Gasteiger partial charge in [-0.05, 0) is 18.8 Å². The summed E-state index contributed by atoms with van der Waals surface area (Å²) in [6.45, 7) is 3.49. The number of likely N-dealkylation sites (tertiary alicyclic amines) is 1. The molecule has 2 saturated heterocycles. The van der Waals surface area contributed by atoms with Crippen molar-refractivity contribution in [2.45, 2.75) is 25.4 Å². The number of urea groups is 1. The van der Waals surface area contributed by atoms with Crippen LogP contribution in [0.2, 0.25) is 0 Å². The van der Waals surface area contributed by atoms with Gasteiger partial charge in [0.1, 0.15) is 0 Å². The number of hydrogen-bond acceptors (Lipinski definition) is 4. The van der Waals surface area contributed by atoms with Crippen molar-refractivity contribution in [2.24, 2.45) is 5.92 Å². The molecule has 0 saturated carbocycles. The van der Waals surface area contributed by atoms with Gasteiger partial charge in [-0.2, -0.15) is 0 Å². The molecule has 0 bridgehead atoms. The summed E-state index contributed by atoms with van der Waals surface area (Å²) in [7, 11) is 0. The smallest absolute Gasteiger partial charge is 0.317 e. The summed E-state index contributed by atoms with van der Waals surface area (Å²) in [6.07, 6.45) is 1.62. The first-order valence-corrected chi connectivity index (χ1v) is 7.09. The molecule has 2 fully saturated rings. The van der Waals surface area contributed by atoms with E-state index in [1.165, 1.54) is 0 Å². The van der Waals surface area contributed by atoms with Crippen LogP contribution in [0.1, 0.15) is 19.3 Å². The van der Waals surface area contributed by atoms with E-state index in [0.29, 0.717) is 51.8 Å².